The van der Waals surface area contributed by atoms with Gasteiger partial charge in [-0.05, 0) is 37.1 Å². The number of hydrogen-bond donors (Lipinski definition) is 2. The Kier molecular flexibility index (Phi) is 3.98. The first-order valence-electron chi connectivity index (χ1n) is 8.77. The first kappa shape index (κ1) is 16.5. The first-order chi connectivity index (χ1) is 13.2. The van der Waals surface area contributed by atoms with Gasteiger partial charge in [0.05, 0.1) is 16.7 Å². The van der Waals surface area contributed by atoms with E-state index in [1.807, 2.05) is 34.2 Å². The van der Waals surface area contributed by atoms with Crippen LogP contribution >= 0.6 is 22.9 Å². The van der Waals surface area contributed by atoms with Crippen LogP contribution in [0.5, 0.6) is 0 Å². The molecule has 8 heteroatoms. The van der Waals surface area contributed by atoms with E-state index in [-0.39, 0.29) is 5.91 Å². The van der Waals surface area contributed by atoms with Crippen LogP contribution in [0.1, 0.15) is 36.7 Å². The molecule has 3 aromatic heterocycles. The number of thiazole rings is 1. The number of nitrogens with one attached hydrogen (secondary N) is 2. The van der Waals surface area contributed by atoms with E-state index in [0.29, 0.717) is 16.8 Å². The molecular weight excluding hydrogens is 382 g/mol. The fraction of sp³-hybridized carbons (Fsp3) is 0.211. The second-order valence-electron chi connectivity index (χ2n) is 6.65. The van der Waals surface area contributed by atoms with Gasteiger partial charge in [-0.25, -0.2) is 9.97 Å². The number of aromatic amines is 1. The molecule has 1 aromatic carbocycles. The lowest BCUT2D eigenvalue weighted by atomic mass is 9.85. The third-order valence-corrected chi connectivity index (χ3v) is 5.94. The van der Waals surface area contributed by atoms with Crippen LogP contribution in [-0.2, 0) is 4.79 Å². The van der Waals surface area contributed by atoms with Gasteiger partial charge in [-0.15, -0.1) is 11.3 Å². The Balaban J connectivity index is 1.34. The Labute approximate surface area is 163 Å². The molecule has 2 N–H and O–H groups in total. The van der Waals surface area contributed by atoms with E-state index in [1.165, 1.54) is 36.7 Å². The predicted molar refractivity (Wildman–Crippen MR) is 108 cm³/mol. The van der Waals surface area contributed by atoms with Gasteiger partial charge in [0, 0.05) is 29.3 Å². The number of aromatic nitrogens is 4. The van der Waals surface area contributed by atoms with Crippen LogP contribution in [0.25, 0.3) is 22.1 Å². The highest BCUT2D eigenvalue weighted by molar-refractivity contribution is 7.15. The highest BCUT2D eigenvalue weighted by Crippen LogP contribution is 2.35. The van der Waals surface area contributed by atoms with Crippen LogP contribution in [0, 0.1) is 0 Å². The van der Waals surface area contributed by atoms with Gasteiger partial charge in [0.1, 0.15) is 5.82 Å². The number of hydrogen-bond acceptors (Lipinski definition) is 4. The monoisotopic (exact) mass is 397 g/mol. The number of carbonyl (C=O) groups excluding carboxylic acids is 1. The van der Waals surface area contributed by atoms with Crippen LogP contribution in [0.3, 0.4) is 0 Å². The molecule has 0 spiro atoms. The lowest BCUT2D eigenvalue weighted by Gasteiger charge is -2.22. The lowest BCUT2D eigenvalue weighted by molar-refractivity contribution is -0.111. The van der Waals surface area contributed by atoms with E-state index in [1.54, 1.807) is 6.08 Å². The number of nitrogens with zero attached hydrogens (tertiary/aromatic N) is 3. The maximum Gasteiger partial charge on any atom is 0.248 e. The van der Waals surface area contributed by atoms with E-state index in [9.17, 15) is 4.79 Å². The molecule has 5 rings (SSSR count). The van der Waals surface area contributed by atoms with Crippen LogP contribution in [0.15, 0.2) is 35.9 Å². The van der Waals surface area contributed by atoms with Gasteiger partial charge in [-0.3, -0.25) is 9.20 Å². The summed E-state index contributed by atoms with van der Waals surface area (Å²) in [4.78, 5) is 25.4. The average Bonchev–Trinajstić information content (AvgIpc) is 3.26. The molecule has 6 nitrogen and oxygen atoms in total. The molecule has 1 aliphatic rings. The third kappa shape index (κ3) is 3.02. The van der Waals surface area contributed by atoms with Crippen molar-refractivity contribution in [1.82, 2.24) is 19.4 Å². The van der Waals surface area contributed by atoms with Crippen molar-refractivity contribution in [1.29, 1.82) is 0 Å². The van der Waals surface area contributed by atoms with Gasteiger partial charge in [-0.1, -0.05) is 18.0 Å². The second-order valence-corrected chi connectivity index (χ2v) is 7.88. The van der Waals surface area contributed by atoms with Crippen LogP contribution < -0.4 is 5.32 Å². The molecule has 1 fully saturated rings. The van der Waals surface area contributed by atoms with Crippen molar-refractivity contribution >= 4 is 56.6 Å². The van der Waals surface area contributed by atoms with Crippen molar-refractivity contribution in [3.05, 3.63) is 52.5 Å². The summed E-state index contributed by atoms with van der Waals surface area (Å²) in [7, 11) is 0. The molecule has 1 saturated carbocycles. The highest BCUT2D eigenvalue weighted by atomic mass is 35.5. The molecule has 0 aliphatic heterocycles. The fourth-order valence-electron chi connectivity index (χ4n) is 3.25. The van der Waals surface area contributed by atoms with Crippen molar-refractivity contribution in [2.45, 2.75) is 25.2 Å². The average molecular weight is 398 g/mol. The largest absolute Gasteiger partial charge is 0.342 e. The highest BCUT2D eigenvalue weighted by Gasteiger charge is 2.22. The second kappa shape index (κ2) is 6.51. The topological polar surface area (TPSA) is 75.1 Å². The number of anilines is 1. The number of H-pyrrole nitrogens is 1. The Bertz CT molecular complexity index is 1180. The minimum atomic E-state index is -0.227. The van der Waals surface area contributed by atoms with Crippen molar-refractivity contribution in [2.75, 3.05) is 5.32 Å². The van der Waals surface area contributed by atoms with Gasteiger partial charge in [-0.2, -0.15) is 0 Å². The first-order valence-corrected chi connectivity index (χ1v) is 10.0. The number of fused-ring (bicyclic) bond motifs is 2. The Morgan fingerprint density at radius 3 is 3.07 bits per heavy atom. The molecule has 0 saturated heterocycles. The summed E-state index contributed by atoms with van der Waals surface area (Å²) in [6, 6.07) is 5.71. The summed E-state index contributed by atoms with van der Waals surface area (Å²) in [5, 5.41) is 5.19. The summed E-state index contributed by atoms with van der Waals surface area (Å²) in [5.41, 5.74) is 3.28. The molecule has 136 valence electrons. The number of imidazole rings is 2. The normalized spacial score (nSPS) is 15.0. The molecule has 4 aromatic rings. The fourth-order valence-corrected chi connectivity index (χ4v) is 4.25. The molecule has 27 heavy (non-hydrogen) atoms. The number of carbonyl (C=O) groups is 1. The third-order valence-electron chi connectivity index (χ3n) is 4.91. The lowest BCUT2D eigenvalue weighted by Crippen LogP contribution is -2.10. The zero-order valence-corrected chi connectivity index (χ0v) is 15.8. The quantitative estimate of drug-likeness (QED) is 0.483. The van der Waals surface area contributed by atoms with Gasteiger partial charge < -0.3 is 10.3 Å². The van der Waals surface area contributed by atoms with Crippen molar-refractivity contribution in [3.8, 4) is 0 Å². The van der Waals surface area contributed by atoms with Crippen molar-refractivity contribution in [3.63, 3.8) is 0 Å². The van der Waals surface area contributed by atoms with E-state index in [4.69, 9.17) is 11.6 Å². The summed E-state index contributed by atoms with van der Waals surface area (Å²) >= 11 is 7.64. The van der Waals surface area contributed by atoms with Gasteiger partial charge in [0.25, 0.3) is 0 Å². The zero-order chi connectivity index (χ0) is 18.4. The molecule has 1 amide bonds. The molecule has 0 atom stereocenters. The number of rotatable bonds is 4. The van der Waals surface area contributed by atoms with Gasteiger partial charge in [0.2, 0.25) is 5.91 Å². The summed E-state index contributed by atoms with van der Waals surface area (Å²) in [6.07, 6.45) is 8.68. The zero-order valence-electron chi connectivity index (χ0n) is 14.3. The molecule has 1 aliphatic carbocycles. The molecular formula is C19H16ClN5OS. The summed E-state index contributed by atoms with van der Waals surface area (Å²) < 4.78 is 1.86. The summed E-state index contributed by atoms with van der Waals surface area (Å²) in [6.45, 7) is 0. The number of benzene rings is 1. The minimum absolute atomic E-state index is 0.227. The molecule has 0 unspecified atom stereocenters. The van der Waals surface area contributed by atoms with Crippen molar-refractivity contribution in [2.24, 2.45) is 0 Å². The van der Waals surface area contributed by atoms with Crippen molar-refractivity contribution < 1.29 is 4.79 Å². The van der Waals surface area contributed by atoms with E-state index in [0.717, 1.165) is 27.5 Å². The standard InChI is InChI=1S/C19H16ClN5OS/c20-17-15(25-8-9-27-19(25)24-17)6-7-16(26)21-12-4-5-13-14(10-12)23-18(22-13)11-2-1-3-11/h4-11H,1-3H2,(H,21,26)(H,22,23)/b7-6+. The Hall–Kier alpha value is -2.64. The van der Waals surface area contributed by atoms with E-state index < -0.39 is 0 Å². The van der Waals surface area contributed by atoms with E-state index in [2.05, 4.69) is 20.3 Å². The molecule has 3 heterocycles. The van der Waals surface area contributed by atoms with Gasteiger partial charge >= 0.3 is 0 Å². The predicted octanol–water partition coefficient (Wildman–Crippen LogP) is 4.84. The maximum atomic E-state index is 12.3. The minimum Gasteiger partial charge on any atom is -0.342 e. The SMILES string of the molecule is O=C(/C=C/c1c(Cl)nc2sccn12)Nc1ccc2nc(C3CCC3)[nH]c2c1. The maximum absolute atomic E-state index is 12.3. The Morgan fingerprint density at radius 2 is 2.26 bits per heavy atom. The van der Waals surface area contributed by atoms with Crippen LogP contribution in [-0.4, -0.2) is 25.3 Å². The van der Waals surface area contributed by atoms with Crippen LogP contribution in [0.4, 0.5) is 5.69 Å². The smallest absolute Gasteiger partial charge is 0.248 e. The summed E-state index contributed by atoms with van der Waals surface area (Å²) in [5.74, 6) is 1.37. The van der Waals surface area contributed by atoms with Gasteiger partial charge in [0.15, 0.2) is 10.1 Å². The number of amides is 1. The molecule has 0 radical (unpaired) electrons. The molecule has 0 bridgehead atoms. The number of halogens is 1. The van der Waals surface area contributed by atoms with E-state index >= 15 is 0 Å². The Morgan fingerprint density at radius 1 is 1.37 bits per heavy atom. The van der Waals surface area contributed by atoms with Crippen LogP contribution in [0.2, 0.25) is 5.15 Å².